The molecular formula is C13H25AlO. The van der Waals surface area contributed by atoms with Gasteiger partial charge in [0, 0.05) is 7.11 Å². The van der Waals surface area contributed by atoms with Crippen LogP contribution in [-0.4, -0.2) is 27.9 Å². The summed E-state index contributed by atoms with van der Waals surface area (Å²) in [5.74, 6) is 1.09. The van der Waals surface area contributed by atoms with E-state index in [2.05, 4.69) is 19.1 Å². The van der Waals surface area contributed by atoms with Gasteiger partial charge >= 0.3 is 0 Å². The number of ether oxygens (including phenoxy) is 1. The highest BCUT2D eigenvalue weighted by Crippen LogP contribution is 2.32. The Hall–Kier alpha value is 0.232. The van der Waals surface area contributed by atoms with Gasteiger partial charge in [0.25, 0.3) is 14.1 Å². The van der Waals surface area contributed by atoms with Crippen molar-refractivity contribution in [1.82, 2.24) is 0 Å². The Morgan fingerprint density at radius 3 is 2.93 bits per heavy atom. The van der Waals surface area contributed by atoms with Crippen molar-refractivity contribution in [2.24, 2.45) is 5.92 Å². The fourth-order valence-corrected chi connectivity index (χ4v) is 5.95. The van der Waals surface area contributed by atoms with Crippen LogP contribution in [0.1, 0.15) is 32.6 Å². The molecule has 0 bridgehead atoms. The first-order chi connectivity index (χ1) is 7.36. The van der Waals surface area contributed by atoms with Gasteiger partial charge in [0.1, 0.15) is 0 Å². The molecule has 0 radical (unpaired) electrons. The van der Waals surface area contributed by atoms with Crippen molar-refractivity contribution in [2.45, 2.75) is 48.5 Å². The van der Waals surface area contributed by atoms with Crippen molar-refractivity contribution in [3.05, 3.63) is 12.2 Å². The zero-order valence-corrected chi connectivity index (χ0v) is 11.5. The van der Waals surface area contributed by atoms with E-state index in [1.807, 2.05) is 0 Å². The minimum atomic E-state index is -0.226. The van der Waals surface area contributed by atoms with Gasteiger partial charge in [-0.2, -0.15) is 0 Å². The van der Waals surface area contributed by atoms with Crippen LogP contribution in [0.5, 0.6) is 0 Å². The topological polar surface area (TPSA) is 9.23 Å². The Morgan fingerprint density at radius 1 is 1.40 bits per heavy atom. The second kappa shape index (κ2) is 8.39. The summed E-state index contributed by atoms with van der Waals surface area (Å²) in [6.07, 6.45) is 10.1. The van der Waals surface area contributed by atoms with Gasteiger partial charge in [-0.25, -0.2) is 0 Å². The molecule has 1 unspecified atom stereocenters. The van der Waals surface area contributed by atoms with E-state index in [-0.39, 0.29) is 14.1 Å². The zero-order valence-electron chi connectivity index (χ0n) is 10.4. The van der Waals surface area contributed by atoms with Crippen molar-refractivity contribution in [2.75, 3.05) is 13.7 Å². The van der Waals surface area contributed by atoms with Crippen LogP contribution in [0.25, 0.3) is 0 Å². The predicted molar refractivity (Wildman–Crippen MR) is 68.8 cm³/mol. The number of hydrogen-bond acceptors (Lipinski definition) is 1. The van der Waals surface area contributed by atoms with Gasteiger partial charge in [-0.3, -0.25) is 0 Å². The largest absolute Gasteiger partial charge is 0.381 e. The van der Waals surface area contributed by atoms with Gasteiger partial charge in [0.2, 0.25) is 0 Å². The van der Waals surface area contributed by atoms with Gasteiger partial charge in [0.15, 0.2) is 0 Å². The molecule has 0 aliphatic carbocycles. The molecular weight excluding hydrogens is 199 g/mol. The van der Waals surface area contributed by atoms with Crippen LogP contribution in [-0.2, 0) is 4.74 Å². The molecule has 86 valence electrons. The molecule has 0 aromatic carbocycles. The number of methoxy groups -OCH3 is 1. The van der Waals surface area contributed by atoms with Crippen molar-refractivity contribution >= 4 is 14.1 Å². The molecule has 0 N–H and O–H groups in total. The van der Waals surface area contributed by atoms with Gasteiger partial charge in [-0.1, -0.05) is 53.7 Å². The summed E-state index contributed by atoms with van der Waals surface area (Å²) in [5.41, 5.74) is 0. The molecule has 0 spiro atoms. The van der Waals surface area contributed by atoms with Crippen LogP contribution in [0.4, 0.5) is 0 Å². The van der Waals surface area contributed by atoms with Crippen molar-refractivity contribution in [3.63, 3.8) is 0 Å². The third-order valence-corrected chi connectivity index (χ3v) is 7.28. The smallest absolute Gasteiger partial charge is 0.261 e. The molecule has 2 heteroatoms. The standard InChI is InChI=1S/C11H20O.C2H5.Al/c1-4-11(2)9-7-5-6-8-10-12-3;1-2;/h6,8,11H,1-2,4-5,7,9-10H2,3H3;1H2,2H3;/b8-6+;;. The maximum atomic E-state index is 4.97. The van der Waals surface area contributed by atoms with Crippen LogP contribution in [0.2, 0.25) is 15.8 Å². The summed E-state index contributed by atoms with van der Waals surface area (Å²) in [5, 5.41) is 4.79. The van der Waals surface area contributed by atoms with Gasteiger partial charge in [-0.05, 0) is 12.8 Å². The summed E-state index contributed by atoms with van der Waals surface area (Å²) in [6.45, 7) is 3.17. The van der Waals surface area contributed by atoms with Gasteiger partial charge < -0.3 is 4.74 Å². The molecule has 1 rings (SSSR count). The Morgan fingerprint density at radius 2 is 2.27 bits per heavy atom. The molecule has 0 saturated carbocycles. The van der Waals surface area contributed by atoms with E-state index in [1.165, 1.54) is 24.5 Å². The van der Waals surface area contributed by atoms with Crippen LogP contribution in [0.15, 0.2) is 12.2 Å². The minimum Gasteiger partial charge on any atom is -0.381 e. The Balaban J connectivity index is 1.96. The molecule has 15 heavy (non-hydrogen) atoms. The molecule has 1 nitrogen and oxygen atoms in total. The van der Waals surface area contributed by atoms with Gasteiger partial charge in [-0.15, -0.1) is 0 Å². The van der Waals surface area contributed by atoms with Crippen molar-refractivity contribution < 1.29 is 4.74 Å². The number of unbranched alkanes of at least 4 members (excludes halogenated alkanes) is 1. The predicted octanol–water partition coefficient (Wildman–Crippen LogP) is 3.89. The molecule has 1 aliphatic heterocycles. The van der Waals surface area contributed by atoms with E-state index >= 15 is 0 Å². The quantitative estimate of drug-likeness (QED) is 0.362. The summed E-state index contributed by atoms with van der Waals surface area (Å²) >= 11 is -0.226. The first kappa shape index (κ1) is 13.3. The fraction of sp³-hybridized carbons (Fsp3) is 0.846. The first-order valence-corrected chi connectivity index (χ1v) is 8.95. The Kier molecular flexibility index (Phi) is 7.44. The minimum absolute atomic E-state index is 0.226. The number of hydrogen-bond donors (Lipinski definition) is 0. The van der Waals surface area contributed by atoms with Crippen LogP contribution in [0, 0.1) is 5.92 Å². The lowest BCUT2D eigenvalue weighted by Crippen LogP contribution is -2.04. The van der Waals surface area contributed by atoms with Crippen molar-refractivity contribution in [3.8, 4) is 0 Å². The SMILES string of the molecule is C[CH2][Al]1[CH2]CC(CCC/C=C/COC)[CH2]1. The Bertz CT molecular complexity index is 179. The maximum absolute atomic E-state index is 4.97. The highest BCUT2D eigenvalue weighted by Gasteiger charge is 2.27. The summed E-state index contributed by atoms with van der Waals surface area (Å²) < 4.78 is 4.97. The fourth-order valence-electron chi connectivity index (χ4n) is 2.62. The highest BCUT2D eigenvalue weighted by molar-refractivity contribution is 6.59. The summed E-state index contributed by atoms with van der Waals surface area (Å²) in [4.78, 5) is 0. The molecule has 1 aliphatic rings. The molecule has 1 heterocycles. The van der Waals surface area contributed by atoms with E-state index in [0.29, 0.717) is 0 Å². The average Bonchev–Trinajstić information content (AvgIpc) is 2.71. The molecule has 1 atom stereocenters. The van der Waals surface area contributed by atoms with Crippen LogP contribution >= 0.6 is 0 Å². The highest BCUT2D eigenvalue weighted by atomic mass is 27.2. The third kappa shape index (κ3) is 5.76. The first-order valence-electron chi connectivity index (χ1n) is 6.50. The van der Waals surface area contributed by atoms with E-state index in [9.17, 15) is 0 Å². The lowest BCUT2D eigenvalue weighted by Gasteiger charge is -2.07. The number of rotatable bonds is 7. The van der Waals surface area contributed by atoms with Gasteiger partial charge in [0.05, 0.1) is 6.61 Å². The van der Waals surface area contributed by atoms with Crippen molar-refractivity contribution in [1.29, 1.82) is 0 Å². The Labute approximate surface area is 99.3 Å². The monoisotopic (exact) mass is 224 g/mol. The van der Waals surface area contributed by atoms with Crippen LogP contribution < -0.4 is 0 Å². The van der Waals surface area contributed by atoms with E-state index in [4.69, 9.17) is 4.74 Å². The van der Waals surface area contributed by atoms with E-state index < -0.39 is 0 Å². The lowest BCUT2D eigenvalue weighted by molar-refractivity contribution is 0.233. The van der Waals surface area contributed by atoms with Crippen LogP contribution in [0.3, 0.4) is 0 Å². The second-order valence-corrected chi connectivity index (χ2v) is 8.41. The molecule has 0 aromatic heterocycles. The molecule has 0 amide bonds. The maximum Gasteiger partial charge on any atom is 0.261 e. The second-order valence-electron chi connectivity index (χ2n) is 4.81. The summed E-state index contributed by atoms with van der Waals surface area (Å²) in [7, 11) is 1.75. The number of allylic oxidation sites excluding steroid dienone is 1. The molecule has 0 aromatic rings. The van der Waals surface area contributed by atoms with E-state index in [0.717, 1.165) is 12.5 Å². The average molecular weight is 224 g/mol. The lowest BCUT2D eigenvalue weighted by atomic mass is 10.0. The third-order valence-electron chi connectivity index (χ3n) is 3.64. The zero-order chi connectivity index (χ0) is 10.9. The normalized spacial score (nSPS) is 21.7. The van der Waals surface area contributed by atoms with E-state index in [1.54, 1.807) is 24.1 Å². The molecule has 1 saturated heterocycles. The molecule has 1 fully saturated rings. The summed E-state index contributed by atoms with van der Waals surface area (Å²) in [6, 6.07) is 0.